The average Bonchev–Trinajstić information content (AvgIpc) is 3.04. The Kier molecular flexibility index (Phi) is 4.55. The molecule has 7 heteroatoms. The number of pyridine rings is 1. The molecule has 0 unspecified atom stereocenters. The Morgan fingerprint density at radius 2 is 2.29 bits per heavy atom. The van der Waals surface area contributed by atoms with Crippen LogP contribution in [0.5, 0.6) is 0 Å². The van der Waals surface area contributed by atoms with Crippen molar-refractivity contribution in [3.63, 3.8) is 0 Å². The molecule has 0 aromatic carbocycles. The van der Waals surface area contributed by atoms with Crippen LogP contribution in [0, 0.1) is 0 Å². The van der Waals surface area contributed by atoms with Gasteiger partial charge in [0.2, 0.25) is 0 Å². The van der Waals surface area contributed by atoms with Gasteiger partial charge in [-0.1, -0.05) is 17.8 Å². The van der Waals surface area contributed by atoms with Crippen molar-refractivity contribution in [2.75, 3.05) is 26.2 Å². The van der Waals surface area contributed by atoms with Gasteiger partial charge in [-0.25, -0.2) is 4.98 Å². The van der Waals surface area contributed by atoms with Gasteiger partial charge in [0, 0.05) is 6.54 Å². The first kappa shape index (κ1) is 15.7. The van der Waals surface area contributed by atoms with Crippen LogP contribution in [-0.4, -0.2) is 47.6 Å². The van der Waals surface area contributed by atoms with Crippen molar-refractivity contribution in [2.24, 2.45) is 0 Å². The van der Waals surface area contributed by atoms with Gasteiger partial charge in [0.1, 0.15) is 5.65 Å². The van der Waals surface area contributed by atoms with Crippen LogP contribution in [0.1, 0.15) is 18.5 Å². The van der Waals surface area contributed by atoms with Crippen LogP contribution in [0.4, 0.5) is 0 Å². The summed E-state index contributed by atoms with van der Waals surface area (Å²) in [6, 6.07) is 5.93. The third-order valence-corrected chi connectivity index (χ3v) is 5.32. The number of hydrogen-bond donors (Lipinski definition) is 2. The number of thioether (sulfide) groups is 1. The number of amides is 1. The molecule has 0 saturated carbocycles. The highest BCUT2D eigenvalue weighted by molar-refractivity contribution is 8.04. The topological polar surface area (TPSA) is 67.7 Å². The van der Waals surface area contributed by atoms with Crippen molar-refractivity contribution in [2.45, 2.75) is 24.0 Å². The summed E-state index contributed by atoms with van der Waals surface area (Å²) in [5.74, 6) is -0.0571. The number of aromatic nitrogens is 2. The molecule has 2 aliphatic rings. The van der Waals surface area contributed by atoms with Gasteiger partial charge in [-0.15, -0.1) is 0 Å². The standard InChI is InChI=1S/C17H20N4O2S/c22-17(19-8-9-23-13-4-6-18-7-5-13)14-10-12-11-20-15-2-1-3-16(24-14)21(12)15/h1-3,10-11,13,18H,4-9H2,(H,19,22). The molecule has 0 bridgehead atoms. The molecule has 0 radical (unpaired) electrons. The number of nitrogens with one attached hydrogen (secondary N) is 2. The van der Waals surface area contributed by atoms with Crippen LogP contribution in [0.25, 0.3) is 11.7 Å². The Balaban J connectivity index is 1.33. The maximum atomic E-state index is 12.4. The van der Waals surface area contributed by atoms with Crippen LogP contribution in [0.3, 0.4) is 0 Å². The van der Waals surface area contributed by atoms with E-state index in [0.29, 0.717) is 24.2 Å². The molecule has 0 spiro atoms. The Morgan fingerprint density at radius 1 is 1.42 bits per heavy atom. The Labute approximate surface area is 144 Å². The quantitative estimate of drug-likeness (QED) is 0.808. The Hall–Kier alpha value is -1.83. The minimum Gasteiger partial charge on any atom is -0.376 e. The van der Waals surface area contributed by atoms with Crippen LogP contribution in [-0.2, 0) is 9.53 Å². The fourth-order valence-corrected chi connectivity index (χ4v) is 4.04. The summed E-state index contributed by atoms with van der Waals surface area (Å²) in [6.45, 7) is 3.12. The first-order valence-electron chi connectivity index (χ1n) is 8.28. The summed E-state index contributed by atoms with van der Waals surface area (Å²) in [6.07, 6.45) is 6.09. The number of carbonyl (C=O) groups excluding carboxylic acids is 1. The summed E-state index contributed by atoms with van der Waals surface area (Å²) in [4.78, 5) is 17.5. The number of carbonyl (C=O) groups is 1. The van der Waals surface area contributed by atoms with Crippen molar-refractivity contribution in [1.82, 2.24) is 20.0 Å². The van der Waals surface area contributed by atoms with Gasteiger partial charge < -0.3 is 15.4 Å². The van der Waals surface area contributed by atoms with E-state index in [1.54, 1.807) is 6.20 Å². The molecule has 4 heterocycles. The SMILES string of the molecule is O=C(NCCOC1CCNCC1)C1=Cc2cnc3cccc(n23)S1. The summed E-state index contributed by atoms with van der Waals surface area (Å²) in [5.41, 5.74) is 1.84. The second-order valence-electron chi connectivity index (χ2n) is 5.93. The fourth-order valence-electron chi connectivity index (χ4n) is 3.04. The highest BCUT2D eigenvalue weighted by atomic mass is 32.2. The Morgan fingerprint density at radius 3 is 3.17 bits per heavy atom. The molecule has 24 heavy (non-hydrogen) atoms. The molecule has 2 aromatic rings. The van der Waals surface area contributed by atoms with Crippen LogP contribution >= 0.6 is 11.8 Å². The maximum absolute atomic E-state index is 12.4. The average molecular weight is 344 g/mol. The first-order valence-corrected chi connectivity index (χ1v) is 9.09. The van der Waals surface area contributed by atoms with E-state index in [0.717, 1.165) is 42.3 Å². The summed E-state index contributed by atoms with van der Waals surface area (Å²) in [7, 11) is 0. The monoisotopic (exact) mass is 344 g/mol. The highest BCUT2D eigenvalue weighted by Crippen LogP contribution is 2.34. The number of nitrogens with zero attached hydrogens (tertiary/aromatic N) is 2. The van der Waals surface area contributed by atoms with Gasteiger partial charge in [-0.2, -0.15) is 0 Å². The minimum absolute atomic E-state index is 0.0571. The van der Waals surface area contributed by atoms with Crippen molar-refractivity contribution < 1.29 is 9.53 Å². The summed E-state index contributed by atoms with van der Waals surface area (Å²) in [5, 5.41) is 7.27. The maximum Gasteiger partial charge on any atom is 0.258 e. The fraction of sp³-hybridized carbons (Fsp3) is 0.412. The van der Waals surface area contributed by atoms with E-state index in [1.807, 2.05) is 24.3 Å². The second-order valence-corrected chi connectivity index (χ2v) is 6.99. The van der Waals surface area contributed by atoms with E-state index in [9.17, 15) is 4.79 Å². The molecular weight excluding hydrogens is 324 g/mol. The van der Waals surface area contributed by atoms with E-state index in [-0.39, 0.29) is 5.91 Å². The molecular formula is C17H20N4O2S. The smallest absolute Gasteiger partial charge is 0.258 e. The van der Waals surface area contributed by atoms with E-state index in [4.69, 9.17) is 4.74 Å². The van der Waals surface area contributed by atoms with Gasteiger partial charge in [-0.05, 0) is 44.1 Å². The number of imidazole rings is 1. The lowest BCUT2D eigenvalue weighted by Crippen LogP contribution is -2.35. The van der Waals surface area contributed by atoms with Gasteiger partial charge in [0.15, 0.2) is 0 Å². The van der Waals surface area contributed by atoms with Gasteiger partial charge in [-0.3, -0.25) is 9.20 Å². The second kappa shape index (κ2) is 6.96. The number of rotatable bonds is 5. The molecule has 4 rings (SSSR count). The van der Waals surface area contributed by atoms with Crippen molar-refractivity contribution in [3.05, 3.63) is 35.0 Å². The van der Waals surface area contributed by atoms with Gasteiger partial charge in [0.25, 0.3) is 5.91 Å². The minimum atomic E-state index is -0.0571. The summed E-state index contributed by atoms with van der Waals surface area (Å²) < 4.78 is 7.87. The molecule has 2 aromatic heterocycles. The number of piperidine rings is 1. The number of hydrogen-bond acceptors (Lipinski definition) is 5. The zero-order valence-corrected chi connectivity index (χ0v) is 14.1. The molecule has 2 aliphatic heterocycles. The van der Waals surface area contributed by atoms with Crippen LogP contribution in [0.2, 0.25) is 0 Å². The first-order chi connectivity index (χ1) is 11.8. The normalized spacial score (nSPS) is 17.8. The third kappa shape index (κ3) is 3.19. The molecule has 126 valence electrons. The van der Waals surface area contributed by atoms with Gasteiger partial charge >= 0.3 is 0 Å². The van der Waals surface area contributed by atoms with Crippen molar-refractivity contribution in [1.29, 1.82) is 0 Å². The molecule has 2 N–H and O–H groups in total. The van der Waals surface area contributed by atoms with E-state index in [2.05, 4.69) is 20.0 Å². The third-order valence-electron chi connectivity index (χ3n) is 4.27. The predicted octanol–water partition coefficient (Wildman–Crippen LogP) is 1.67. The van der Waals surface area contributed by atoms with Crippen LogP contribution in [0.15, 0.2) is 34.3 Å². The molecule has 6 nitrogen and oxygen atoms in total. The van der Waals surface area contributed by atoms with Crippen LogP contribution < -0.4 is 10.6 Å². The van der Waals surface area contributed by atoms with Crippen molar-refractivity contribution >= 4 is 29.4 Å². The lowest BCUT2D eigenvalue weighted by atomic mass is 10.1. The van der Waals surface area contributed by atoms with Gasteiger partial charge in [0.05, 0.1) is 34.5 Å². The molecule has 1 amide bonds. The lowest BCUT2D eigenvalue weighted by molar-refractivity contribution is -0.117. The Bertz CT molecular complexity index is 780. The van der Waals surface area contributed by atoms with Crippen molar-refractivity contribution in [3.8, 4) is 0 Å². The lowest BCUT2D eigenvalue weighted by Gasteiger charge is -2.23. The molecule has 1 saturated heterocycles. The predicted molar refractivity (Wildman–Crippen MR) is 93.9 cm³/mol. The van der Waals surface area contributed by atoms with E-state index >= 15 is 0 Å². The largest absolute Gasteiger partial charge is 0.376 e. The molecule has 1 fully saturated rings. The summed E-state index contributed by atoms with van der Waals surface area (Å²) >= 11 is 1.47. The van der Waals surface area contributed by atoms with E-state index in [1.165, 1.54) is 11.8 Å². The highest BCUT2D eigenvalue weighted by Gasteiger charge is 2.20. The zero-order chi connectivity index (χ0) is 16.4. The van der Waals surface area contributed by atoms with E-state index < -0.39 is 0 Å². The number of ether oxygens (including phenoxy) is 1. The molecule has 0 atom stereocenters. The zero-order valence-electron chi connectivity index (χ0n) is 13.3. The molecule has 0 aliphatic carbocycles.